The molecule has 1 nitrogen and oxygen atoms in total. The molecule has 1 aromatic carbocycles. The number of carbonyl (C=O) groups is 1. The van der Waals surface area contributed by atoms with E-state index in [0.29, 0.717) is 12.2 Å². The van der Waals surface area contributed by atoms with Crippen molar-refractivity contribution in [2.24, 2.45) is 0 Å². The lowest BCUT2D eigenvalue weighted by atomic mass is 9.93. The summed E-state index contributed by atoms with van der Waals surface area (Å²) >= 11 is 0. The summed E-state index contributed by atoms with van der Waals surface area (Å²) in [6, 6.07) is 8.79. The number of hydrogen-bond donors (Lipinski definition) is 0. The molecule has 0 spiro atoms. The van der Waals surface area contributed by atoms with Gasteiger partial charge in [0, 0.05) is 6.42 Å². The van der Waals surface area contributed by atoms with Crippen molar-refractivity contribution in [1.29, 1.82) is 0 Å². The lowest BCUT2D eigenvalue weighted by Crippen LogP contribution is -2.06. The van der Waals surface area contributed by atoms with Gasteiger partial charge in [0.05, 0.1) is 0 Å². The fourth-order valence-electron chi connectivity index (χ4n) is 2.65. The second kappa shape index (κ2) is 7.28. The van der Waals surface area contributed by atoms with E-state index in [-0.39, 0.29) is 0 Å². The van der Waals surface area contributed by atoms with Crippen LogP contribution in [-0.4, -0.2) is 5.78 Å². The van der Waals surface area contributed by atoms with E-state index in [1.54, 1.807) is 0 Å². The molecule has 0 aromatic heterocycles. The summed E-state index contributed by atoms with van der Waals surface area (Å²) in [6.07, 6.45) is 10.5. The molecule has 1 heteroatoms. The van der Waals surface area contributed by atoms with Crippen LogP contribution in [0.15, 0.2) is 35.9 Å². The van der Waals surface area contributed by atoms with Crippen LogP contribution in [0, 0.1) is 0 Å². The summed E-state index contributed by atoms with van der Waals surface area (Å²) in [6.45, 7) is 2.17. The van der Waals surface area contributed by atoms with E-state index in [1.165, 1.54) is 24.0 Å². The van der Waals surface area contributed by atoms with Crippen molar-refractivity contribution in [3.63, 3.8) is 0 Å². The van der Waals surface area contributed by atoms with E-state index in [2.05, 4.69) is 37.3 Å². The molecule has 0 unspecified atom stereocenters. The minimum Gasteiger partial charge on any atom is -0.295 e. The van der Waals surface area contributed by atoms with E-state index in [4.69, 9.17) is 0 Å². The molecule has 0 bridgehead atoms. The number of carbonyl (C=O) groups excluding carboxylic acids is 1. The molecule has 0 heterocycles. The maximum absolute atomic E-state index is 12.0. The third-order valence-corrected chi connectivity index (χ3v) is 3.95. The Morgan fingerprint density at radius 3 is 2.47 bits per heavy atom. The van der Waals surface area contributed by atoms with Crippen LogP contribution in [-0.2, 0) is 17.6 Å². The van der Waals surface area contributed by atoms with Gasteiger partial charge in [0.1, 0.15) is 0 Å². The molecule has 0 saturated heterocycles. The van der Waals surface area contributed by atoms with Crippen molar-refractivity contribution in [2.75, 3.05) is 0 Å². The highest BCUT2D eigenvalue weighted by Gasteiger charge is 2.11. The van der Waals surface area contributed by atoms with Gasteiger partial charge in [-0.3, -0.25) is 4.79 Å². The van der Waals surface area contributed by atoms with Crippen molar-refractivity contribution < 1.29 is 4.79 Å². The minimum absolute atomic E-state index is 0.380. The summed E-state index contributed by atoms with van der Waals surface area (Å²) in [5.74, 6) is 0.380. The van der Waals surface area contributed by atoms with Gasteiger partial charge in [-0.15, -0.1) is 0 Å². The monoisotopic (exact) mass is 256 g/mol. The van der Waals surface area contributed by atoms with E-state index in [9.17, 15) is 4.79 Å². The Balaban J connectivity index is 1.76. The Labute approximate surface area is 116 Å². The first-order valence-electron chi connectivity index (χ1n) is 7.59. The van der Waals surface area contributed by atoms with Gasteiger partial charge < -0.3 is 0 Å². The first kappa shape index (κ1) is 14.0. The fourth-order valence-corrected chi connectivity index (χ4v) is 2.65. The predicted molar refractivity (Wildman–Crippen MR) is 80.3 cm³/mol. The Kier molecular flexibility index (Phi) is 5.38. The largest absolute Gasteiger partial charge is 0.295 e. The van der Waals surface area contributed by atoms with Crippen LogP contribution in [0.5, 0.6) is 0 Å². The molecule has 0 amide bonds. The summed E-state index contributed by atoms with van der Waals surface area (Å²) in [5, 5.41) is 0. The van der Waals surface area contributed by atoms with Crippen molar-refractivity contribution >= 4 is 5.78 Å². The van der Waals surface area contributed by atoms with Gasteiger partial charge in [0.15, 0.2) is 5.78 Å². The topological polar surface area (TPSA) is 17.1 Å². The molecule has 0 atom stereocenters. The van der Waals surface area contributed by atoms with E-state index in [1.807, 2.05) is 0 Å². The molecule has 19 heavy (non-hydrogen) atoms. The molecular formula is C18H24O. The second-order valence-electron chi connectivity index (χ2n) is 5.42. The van der Waals surface area contributed by atoms with Gasteiger partial charge in [0.25, 0.3) is 0 Å². The average Bonchev–Trinajstić information content (AvgIpc) is 2.49. The van der Waals surface area contributed by atoms with Crippen molar-refractivity contribution in [3.05, 3.63) is 47.0 Å². The summed E-state index contributed by atoms with van der Waals surface area (Å²) < 4.78 is 0. The van der Waals surface area contributed by atoms with Crippen LogP contribution >= 0.6 is 0 Å². The molecule has 102 valence electrons. The van der Waals surface area contributed by atoms with Crippen LogP contribution in [0.4, 0.5) is 0 Å². The smallest absolute Gasteiger partial charge is 0.158 e. The van der Waals surface area contributed by atoms with Gasteiger partial charge in [-0.05, 0) is 61.6 Å². The molecule has 0 fully saturated rings. The van der Waals surface area contributed by atoms with Crippen LogP contribution < -0.4 is 0 Å². The zero-order chi connectivity index (χ0) is 13.5. The van der Waals surface area contributed by atoms with E-state index in [0.717, 1.165) is 37.7 Å². The Hall–Kier alpha value is -1.37. The maximum atomic E-state index is 12.0. The molecule has 1 aliphatic rings. The van der Waals surface area contributed by atoms with E-state index < -0.39 is 0 Å². The van der Waals surface area contributed by atoms with Crippen molar-refractivity contribution in [2.45, 2.75) is 58.3 Å². The zero-order valence-corrected chi connectivity index (χ0v) is 12.0. The molecule has 1 aromatic rings. The lowest BCUT2D eigenvalue weighted by Gasteiger charge is -2.11. The SMILES string of the molecule is CCc1ccc(CCCC(=O)C2=CCCCC2)cc1. The minimum atomic E-state index is 0.380. The summed E-state index contributed by atoms with van der Waals surface area (Å²) in [5.41, 5.74) is 3.82. The Morgan fingerprint density at radius 1 is 1.11 bits per heavy atom. The highest BCUT2D eigenvalue weighted by molar-refractivity contribution is 5.95. The number of aryl methyl sites for hydroxylation is 2. The maximum Gasteiger partial charge on any atom is 0.158 e. The van der Waals surface area contributed by atoms with Gasteiger partial charge in [-0.25, -0.2) is 0 Å². The molecule has 0 radical (unpaired) electrons. The fraction of sp³-hybridized carbons (Fsp3) is 0.500. The number of allylic oxidation sites excluding steroid dienone is 2. The first-order chi connectivity index (χ1) is 9.29. The number of ketones is 1. The number of rotatable bonds is 6. The molecule has 0 N–H and O–H groups in total. The quantitative estimate of drug-likeness (QED) is 0.724. The highest BCUT2D eigenvalue weighted by atomic mass is 16.1. The number of Topliss-reactive ketones (excluding diaryl/α,β-unsaturated/α-hetero) is 1. The van der Waals surface area contributed by atoms with E-state index >= 15 is 0 Å². The predicted octanol–water partition coefficient (Wildman–Crippen LogP) is 4.64. The Bertz CT molecular complexity index is 439. The first-order valence-corrected chi connectivity index (χ1v) is 7.59. The molecule has 1 aliphatic carbocycles. The van der Waals surface area contributed by atoms with Crippen molar-refractivity contribution in [3.8, 4) is 0 Å². The standard InChI is InChI=1S/C18H24O/c1-2-15-11-13-16(14-12-15)7-6-10-18(19)17-8-4-3-5-9-17/h8,11-14H,2-7,9-10H2,1H3. The van der Waals surface area contributed by atoms with Crippen LogP contribution in [0.3, 0.4) is 0 Å². The van der Waals surface area contributed by atoms with Crippen LogP contribution in [0.1, 0.15) is 56.6 Å². The highest BCUT2D eigenvalue weighted by Crippen LogP contribution is 2.20. The van der Waals surface area contributed by atoms with Crippen molar-refractivity contribution in [1.82, 2.24) is 0 Å². The normalized spacial score (nSPS) is 15.1. The second-order valence-corrected chi connectivity index (χ2v) is 5.42. The summed E-state index contributed by atoms with van der Waals surface area (Å²) in [7, 11) is 0. The summed E-state index contributed by atoms with van der Waals surface area (Å²) in [4.78, 5) is 12.0. The third kappa shape index (κ3) is 4.34. The van der Waals surface area contributed by atoms with Gasteiger partial charge in [-0.1, -0.05) is 37.3 Å². The molecule has 0 saturated carbocycles. The number of hydrogen-bond acceptors (Lipinski definition) is 1. The Morgan fingerprint density at radius 2 is 1.84 bits per heavy atom. The third-order valence-electron chi connectivity index (χ3n) is 3.95. The zero-order valence-electron chi connectivity index (χ0n) is 12.0. The number of benzene rings is 1. The van der Waals surface area contributed by atoms with Gasteiger partial charge in [-0.2, -0.15) is 0 Å². The van der Waals surface area contributed by atoms with Crippen LogP contribution in [0.2, 0.25) is 0 Å². The molecular weight excluding hydrogens is 232 g/mol. The van der Waals surface area contributed by atoms with Gasteiger partial charge >= 0.3 is 0 Å². The average molecular weight is 256 g/mol. The van der Waals surface area contributed by atoms with Crippen LogP contribution in [0.25, 0.3) is 0 Å². The lowest BCUT2D eigenvalue weighted by molar-refractivity contribution is -0.115. The molecule has 2 rings (SSSR count). The van der Waals surface area contributed by atoms with Gasteiger partial charge in [0.2, 0.25) is 0 Å². The molecule has 0 aliphatic heterocycles.